The van der Waals surface area contributed by atoms with E-state index in [-0.39, 0.29) is 6.01 Å². The molecule has 0 saturated carbocycles. The smallest absolute Gasteiger partial charge is 0.321 e. The number of anilines is 1. The number of hydrogen-bond acceptors (Lipinski definition) is 5. The van der Waals surface area contributed by atoms with E-state index < -0.39 is 0 Å². The topological polar surface area (TPSA) is 59.9 Å². The van der Waals surface area contributed by atoms with Gasteiger partial charge in [-0.1, -0.05) is 23.2 Å². The van der Waals surface area contributed by atoms with Crippen LogP contribution >= 0.6 is 23.2 Å². The summed E-state index contributed by atoms with van der Waals surface area (Å²) in [4.78, 5) is 12.6. The van der Waals surface area contributed by atoms with Gasteiger partial charge in [-0.3, -0.25) is 0 Å². The first-order valence-electron chi connectivity index (χ1n) is 5.63. The summed E-state index contributed by atoms with van der Waals surface area (Å²) < 4.78 is 5.06. The van der Waals surface area contributed by atoms with Gasteiger partial charge >= 0.3 is 6.01 Å². The molecule has 1 heterocycles. The average Bonchev–Trinajstić information content (AvgIpc) is 2.41. The zero-order valence-corrected chi connectivity index (χ0v) is 12.0. The van der Waals surface area contributed by atoms with Crippen molar-refractivity contribution in [3.8, 4) is 17.4 Å². The third kappa shape index (κ3) is 3.24. The molecule has 0 aliphatic rings. The van der Waals surface area contributed by atoms with Crippen molar-refractivity contribution in [2.75, 3.05) is 19.0 Å². The van der Waals surface area contributed by atoms with Crippen molar-refractivity contribution < 1.29 is 4.74 Å². The molecule has 0 bridgehead atoms. The maximum atomic E-state index is 6.14. The van der Waals surface area contributed by atoms with Crippen LogP contribution < -0.4 is 10.1 Å². The van der Waals surface area contributed by atoms with Crippen LogP contribution in [0.2, 0.25) is 10.0 Å². The second-order valence-electron chi connectivity index (χ2n) is 3.62. The van der Waals surface area contributed by atoms with Crippen molar-refractivity contribution >= 4 is 29.2 Å². The van der Waals surface area contributed by atoms with E-state index in [1.807, 2.05) is 6.92 Å². The van der Waals surface area contributed by atoms with Gasteiger partial charge in [-0.25, -0.2) is 0 Å². The Balaban J connectivity index is 2.54. The number of methoxy groups -OCH3 is 1. The predicted octanol–water partition coefficient (Wildman–Crippen LogP) is 3.29. The van der Waals surface area contributed by atoms with Crippen LogP contribution in [0.15, 0.2) is 18.2 Å². The van der Waals surface area contributed by atoms with Gasteiger partial charge in [0.05, 0.1) is 12.1 Å². The minimum atomic E-state index is 0.219. The summed E-state index contributed by atoms with van der Waals surface area (Å²) in [5, 5.41) is 4.08. The highest BCUT2D eigenvalue weighted by Crippen LogP contribution is 2.29. The molecule has 19 heavy (non-hydrogen) atoms. The Bertz CT molecular complexity index is 592. The molecule has 1 aromatic carbocycles. The molecule has 0 atom stereocenters. The van der Waals surface area contributed by atoms with E-state index in [4.69, 9.17) is 27.9 Å². The minimum Gasteiger partial charge on any atom is -0.467 e. The monoisotopic (exact) mass is 298 g/mol. The number of nitrogens with one attached hydrogen (secondary N) is 1. The molecule has 1 aromatic heterocycles. The highest BCUT2D eigenvalue weighted by atomic mass is 35.5. The van der Waals surface area contributed by atoms with E-state index in [2.05, 4.69) is 20.3 Å². The van der Waals surface area contributed by atoms with Crippen LogP contribution in [-0.4, -0.2) is 28.6 Å². The molecular weight excluding hydrogens is 287 g/mol. The van der Waals surface area contributed by atoms with Crippen molar-refractivity contribution in [3.63, 3.8) is 0 Å². The molecule has 0 unspecified atom stereocenters. The molecule has 2 aromatic rings. The maximum Gasteiger partial charge on any atom is 0.321 e. The lowest BCUT2D eigenvalue weighted by Crippen LogP contribution is -2.06. The largest absolute Gasteiger partial charge is 0.467 e. The quantitative estimate of drug-likeness (QED) is 0.938. The molecule has 0 saturated heterocycles. The number of halogens is 2. The molecule has 0 aliphatic carbocycles. The summed E-state index contributed by atoms with van der Waals surface area (Å²) in [6.07, 6.45) is 0. The van der Waals surface area contributed by atoms with Crippen LogP contribution in [0, 0.1) is 0 Å². The minimum absolute atomic E-state index is 0.219. The first-order valence-corrected chi connectivity index (χ1v) is 6.39. The summed E-state index contributed by atoms with van der Waals surface area (Å²) in [6, 6.07) is 5.32. The Morgan fingerprint density at radius 3 is 2.68 bits per heavy atom. The van der Waals surface area contributed by atoms with Crippen LogP contribution in [0.4, 0.5) is 5.95 Å². The lowest BCUT2D eigenvalue weighted by Gasteiger charge is -2.08. The van der Waals surface area contributed by atoms with Crippen LogP contribution in [-0.2, 0) is 0 Å². The van der Waals surface area contributed by atoms with Gasteiger partial charge in [0.15, 0.2) is 5.82 Å². The standard InChI is InChI=1S/C12H12Cl2N4O/c1-3-15-11-16-10(17-12(18-11)19-2)8-6-7(13)4-5-9(8)14/h4-6H,3H2,1-2H3,(H,15,16,17,18). The first kappa shape index (κ1) is 13.8. The van der Waals surface area contributed by atoms with Gasteiger partial charge in [-0.05, 0) is 25.1 Å². The molecule has 7 heteroatoms. The predicted molar refractivity (Wildman–Crippen MR) is 76.0 cm³/mol. The molecular formula is C12H12Cl2N4O. The molecule has 2 rings (SSSR count). The fourth-order valence-corrected chi connectivity index (χ4v) is 1.85. The Morgan fingerprint density at radius 2 is 2.00 bits per heavy atom. The van der Waals surface area contributed by atoms with E-state index in [0.717, 1.165) is 0 Å². The summed E-state index contributed by atoms with van der Waals surface area (Å²) in [5.41, 5.74) is 0.633. The van der Waals surface area contributed by atoms with E-state index in [9.17, 15) is 0 Å². The van der Waals surface area contributed by atoms with Crippen molar-refractivity contribution in [1.29, 1.82) is 0 Å². The molecule has 0 spiro atoms. The SMILES string of the molecule is CCNc1nc(OC)nc(-c2cc(Cl)ccc2Cl)n1. The number of aromatic nitrogens is 3. The summed E-state index contributed by atoms with van der Waals surface area (Å²) in [5.74, 6) is 0.843. The van der Waals surface area contributed by atoms with Crippen LogP contribution in [0.1, 0.15) is 6.92 Å². The van der Waals surface area contributed by atoms with Gasteiger partial charge in [0.25, 0.3) is 0 Å². The molecule has 0 radical (unpaired) electrons. The van der Waals surface area contributed by atoms with Crippen molar-refractivity contribution in [2.24, 2.45) is 0 Å². The number of hydrogen-bond donors (Lipinski definition) is 1. The Labute approximate surface area is 121 Å². The van der Waals surface area contributed by atoms with Crippen LogP contribution in [0.5, 0.6) is 6.01 Å². The Morgan fingerprint density at radius 1 is 1.21 bits per heavy atom. The number of benzene rings is 1. The van der Waals surface area contributed by atoms with Gasteiger partial charge in [-0.2, -0.15) is 15.0 Å². The first-order chi connectivity index (χ1) is 9.13. The van der Waals surface area contributed by atoms with Gasteiger partial charge in [0.1, 0.15) is 0 Å². The molecule has 0 amide bonds. The van der Waals surface area contributed by atoms with Crippen LogP contribution in [0.25, 0.3) is 11.4 Å². The fourth-order valence-electron chi connectivity index (χ4n) is 1.47. The molecule has 0 aliphatic heterocycles. The molecule has 5 nitrogen and oxygen atoms in total. The van der Waals surface area contributed by atoms with E-state index >= 15 is 0 Å². The Kier molecular flexibility index (Phi) is 4.39. The second kappa shape index (κ2) is 6.04. The lowest BCUT2D eigenvalue weighted by atomic mass is 10.2. The third-order valence-electron chi connectivity index (χ3n) is 2.30. The third-order valence-corrected chi connectivity index (χ3v) is 2.87. The van der Waals surface area contributed by atoms with E-state index in [0.29, 0.717) is 33.9 Å². The van der Waals surface area contributed by atoms with Gasteiger partial charge in [-0.15, -0.1) is 0 Å². The highest BCUT2D eigenvalue weighted by molar-refractivity contribution is 6.35. The van der Waals surface area contributed by atoms with Gasteiger partial charge < -0.3 is 10.1 Å². The molecule has 0 fully saturated rings. The highest BCUT2D eigenvalue weighted by Gasteiger charge is 2.12. The van der Waals surface area contributed by atoms with E-state index in [1.54, 1.807) is 18.2 Å². The van der Waals surface area contributed by atoms with E-state index in [1.165, 1.54) is 7.11 Å². The zero-order valence-electron chi connectivity index (χ0n) is 10.4. The number of rotatable bonds is 4. The Hall–Kier alpha value is -1.59. The average molecular weight is 299 g/mol. The maximum absolute atomic E-state index is 6.14. The van der Waals surface area contributed by atoms with Gasteiger partial charge in [0, 0.05) is 17.1 Å². The molecule has 1 N–H and O–H groups in total. The zero-order chi connectivity index (χ0) is 13.8. The summed E-state index contributed by atoms with van der Waals surface area (Å²) >= 11 is 12.1. The number of ether oxygens (including phenoxy) is 1. The van der Waals surface area contributed by atoms with Crippen molar-refractivity contribution in [3.05, 3.63) is 28.2 Å². The number of nitrogens with zero attached hydrogens (tertiary/aromatic N) is 3. The van der Waals surface area contributed by atoms with Crippen molar-refractivity contribution in [1.82, 2.24) is 15.0 Å². The second-order valence-corrected chi connectivity index (χ2v) is 4.47. The summed E-state index contributed by atoms with van der Waals surface area (Å²) in [6.45, 7) is 2.64. The van der Waals surface area contributed by atoms with Crippen molar-refractivity contribution in [2.45, 2.75) is 6.92 Å². The van der Waals surface area contributed by atoms with Crippen LogP contribution in [0.3, 0.4) is 0 Å². The van der Waals surface area contributed by atoms with Gasteiger partial charge in [0.2, 0.25) is 5.95 Å². The summed E-state index contributed by atoms with van der Waals surface area (Å²) in [7, 11) is 1.49. The fraction of sp³-hybridized carbons (Fsp3) is 0.250. The molecule has 100 valence electrons. The lowest BCUT2D eigenvalue weighted by molar-refractivity contribution is 0.379. The normalized spacial score (nSPS) is 10.3.